The summed E-state index contributed by atoms with van der Waals surface area (Å²) >= 11 is 7.71. The van der Waals surface area contributed by atoms with E-state index in [-0.39, 0.29) is 4.90 Å². The molecule has 2 N–H and O–H groups in total. The molecule has 6 nitrogen and oxygen atoms in total. The fourth-order valence-corrected chi connectivity index (χ4v) is 6.68. The average molecular weight is 506 g/mol. The molecule has 33 heavy (non-hydrogen) atoms. The molecule has 1 aliphatic heterocycles. The summed E-state index contributed by atoms with van der Waals surface area (Å²) in [6, 6.07) is 12.6. The van der Waals surface area contributed by atoms with E-state index in [9.17, 15) is 8.42 Å². The molecule has 0 saturated carbocycles. The second kappa shape index (κ2) is 10.0. The van der Waals surface area contributed by atoms with Crippen LogP contribution in [0, 0.1) is 19.8 Å². The van der Waals surface area contributed by atoms with Gasteiger partial charge in [-0.05, 0) is 68.9 Å². The third-order valence-electron chi connectivity index (χ3n) is 5.98. The molecule has 1 aliphatic rings. The zero-order valence-corrected chi connectivity index (χ0v) is 21.3. The molecule has 1 unspecified atom stereocenters. The Morgan fingerprint density at radius 2 is 1.88 bits per heavy atom. The van der Waals surface area contributed by atoms with Crippen LogP contribution in [-0.4, -0.2) is 32.7 Å². The van der Waals surface area contributed by atoms with E-state index in [1.807, 2.05) is 19.1 Å². The molecule has 1 saturated heterocycles. The number of nitrogens with one attached hydrogen (secondary N) is 2. The summed E-state index contributed by atoms with van der Waals surface area (Å²) in [5.74, 6) is 0.554. The van der Waals surface area contributed by atoms with Crippen LogP contribution in [-0.2, 0) is 14.8 Å². The molecule has 0 amide bonds. The van der Waals surface area contributed by atoms with Gasteiger partial charge in [-0.15, -0.1) is 0 Å². The van der Waals surface area contributed by atoms with Crippen molar-refractivity contribution in [3.05, 3.63) is 58.7 Å². The monoisotopic (exact) mass is 505 g/mol. The van der Waals surface area contributed by atoms with Crippen molar-refractivity contribution in [1.29, 1.82) is 0 Å². The van der Waals surface area contributed by atoms with Gasteiger partial charge in [0, 0.05) is 19.3 Å². The lowest BCUT2D eigenvalue weighted by atomic mass is 9.93. The zero-order chi connectivity index (χ0) is 23.6. The lowest BCUT2D eigenvalue weighted by Crippen LogP contribution is -2.30. The van der Waals surface area contributed by atoms with Crippen LogP contribution in [0.3, 0.4) is 0 Å². The van der Waals surface area contributed by atoms with Gasteiger partial charge in [-0.1, -0.05) is 47.2 Å². The summed E-state index contributed by atoms with van der Waals surface area (Å²) in [7, 11) is -3.81. The molecule has 0 aliphatic carbocycles. The molecule has 3 aromatic rings. The van der Waals surface area contributed by atoms with Gasteiger partial charge in [0.15, 0.2) is 5.13 Å². The topological polar surface area (TPSA) is 80.3 Å². The predicted octanol–water partition coefficient (Wildman–Crippen LogP) is 6.11. The van der Waals surface area contributed by atoms with Crippen molar-refractivity contribution in [2.45, 2.75) is 44.6 Å². The average Bonchev–Trinajstić information content (AvgIpc) is 3.16. The first kappa shape index (κ1) is 24.0. The standard InChI is InChI=1S/C24H28ClN3O3S2/c1-15-8-9-19(14-22(15)33(29,30)28-21-7-5-4-6-20(21)25)23-17(3)27-24(32-23)26-16(2)18-10-12-31-13-11-18/h4-9,14,16,18,28H,10-13H2,1-3H3,(H,26,27). The van der Waals surface area contributed by atoms with Crippen LogP contribution in [0.2, 0.25) is 5.02 Å². The van der Waals surface area contributed by atoms with E-state index in [2.05, 4.69) is 17.0 Å². The first-order chi connectivity index (χ1) is 15.7. The Bertz CT molecular complexity index is 1240. The molecule has 4 rings (SSSR count). The van der Waals surface area contributed by atoms with Gasteiger partial charge in [0.1, 0.15) is 0 Å². The molecule has 1 fully saturated rings. The number of aromatic nitrogens is 1. The van der Waals surface area contributed by atoms with E-state index < -0.39 is 10.0 Å². The predicted molar refractivity (Wildman–Crippen MR) is 136 cm³/mol. The minimum atomic E-state index is -3.81. The smallest absolute Gasteiger partial charge is 0.262 e. The van der Waals surface area contributed by atoms with Crippen LogP contribution in [0.5, 0.6) is 0 Å². The maximum atomic E-state index is 13.2. The number of ether oxygens (including phenoxy) is 1. The van der Waals surface area contributed by atoms with Crippen molar-refractivity contribution >= 4 is 43.8 Å². The largest absolute Gasteiger partial charge is 0.381 e. The second-order valence-corrected chi connectivity index (χ2v) is 11.4. The van der Waals surface area contributed by atoms with Crippen molar-refractivity contribution in [2.24, 2.45) is 5.92 Å². The Kier molecular flexibility index (Phi) is 7.28. The Hall–Kier alpha value is -2.13. The molecule has 0 bridgehead atoms. The van der Waals surface area contributed by atoms with Crippen LogP contribution >= 0.6 is 22.9 Å². The van der Waals surface area contributed by atoms with Gasteiger partial charge in [0.2, 0.25) is 0 Å². The van der Waals surface area contributed by atoms with Crippen molar-refractivity contribution in [2.75, 3.05) is 23.3 Å². The lowest BCUT2D eigenvalue weighted by molar-refractivity contribution is 0.0622. The lowest BCUT2D eigenvalue weighted by Gasteiger charge is -2.28. The van der Waals surface area contributed by atoms with Crippen LogP contribution < -0.4 is 10.0 Å². The Morgan fingerprint density at radius 3 is 2.61 bits per heavy atom. The minimum absolute atomic E-state index is 0.220. The summed E-state index contributed by atoms with van der Waals surface area (Å²) in [5.41, 5.74) is 2.70. The van der Waals surface area contributed by atoms with E-state index in [0.29, 0.717) is 28.2 Å². The maximum absolute atomic E-state index is 13.2. The summed E-state index contributed by atoms with van der Waals surface area (Å²) in [4.78, 5) is 5.88. The van der Waals surface area contributed by atoms with E-state index >= 15 is 0 Å². The third kappa shape index (κ3) is 5.51. The van der Waals surface area contributed by atoms with Crippen molar-refractivity contribution in [3.63, 3.8) is 0 Å². The Labute approximate surface area is 204 Å². The molecule has 2 heterocycles. The first-order valence-electron chi connectivity index (χ1n) is 10.9. The second-order valence-electron chi connectivity index (χ2n) is 8.38. The van der Waals surface area contributed by atoms with Crippen molar-refractivity contribution < 1.29 is 13.2 Å². The SMILES string of the molecule is Cc1ccc(-c2sc(NC(C)C3CCOCC3)nc2C)cc1S(=O)(=O)Nc1ccccc1Cl. The van der Waals surface area contributed by atoms with Crippen LogP contribution in [0.15, 0.2) is 47.4 Å². The number of thiazole rings is 1. The fraction of sp³-hybridized carbons (Fsp3) is 0.375. The Morgan fingerprint density at radius 1 is 1.15 bits per heavy atom. The first-order valence-corrected chi connectivity index (χ1v) is 13.6. The van der Waals surface area contributed by atoms with Crippen molar-refractivity contribution in [3.8, 4) is 10.4 Å². The molecule has 2 aromatic carbocycles. The molecular weight excluding hydrogens is 478 g/mol. The van der Waals surface area contributed by atoms with Gasteiger partial charge in [-0.3, -0.25) is 4.72 Å². The number of rotatable bonds is 7. The highest BCUT2D eigenvalue weighted by molar-refractivity contribution is 7.92. The molecular formula is C24H28ClN3O3S2. The van der Waals surface area contributed by atoms with Crippen LogP contribution in [0.4, 0.5) is 10.8 Å². The zero-order valence-electron chi connectivity index (χ0n) is 18.9. The fourth-order valence-electron chi connectivity index (χ4n) is 4.03. The number of halogens is 1. The molecule has 1 atom stereocenters. The number of anilines is 2. The number of para-hydroxylation sites is 1. The van der Waals surface area contributed by atoms with Gasteiger partial charge in [0.25, 0.3) is 10.0 Å². The van der Waals surface area contributed by atoms with Gasteiger partial charge in [0.05, 0.1) is 26.2 Å². The Balaban J connectivity index is 1.59. The molecule has 1 aromatic heterocycles. The van der Waals surface area contributed by atoms with E-state index in [1.54, 1.807) is 48.6 Å². The molecule has 0 radical (unpaired) electrons. The number of hydrogen-bond donors (Lipinski definition) is 2. The summed E-state index contributed by atoms with van der Waals surface area (Å²) in [6.45, 7) is 7.53. The number of benzene rings is 2. The maximum Gasteiger partial charge on any atom is 0.262 e. The number of hydrogen-bond acceptors (Lipinski definition) is 6. The van der Waals surface area contributed by atoms with Crippen molar-refractivity contribution in [1.82, 2.24) is 4.98 Å². The van der Waals surface area contributed by atoms with E-state index in [1.165, 1.54) is 0 Å². The number of aryl methyl sites for hydroxylation is 2. The summed E-state index contributed by atoms with van der Waals surface area (Å²) in [6.07, 6.45) is 2.09. The van der Waals surface area contributed by atoms with E-state index in [4.69, 9.17) is 21.3 Å². The van der Waals surface area contributed by atoms with Crippen LogP contribution in [0.1, 0.15) is 31.0 Å². The van der Waals surface area contributed by atoms with Gasteiger partial charge in [-0.2, -0.15) is 0 Å². The quantitative estimate of drug-likeness (QED) is 0.405. The molecule has 176 valence electrons. The number of sulfonamides is 1. The highest BCUT2D eigenvalue weighted by Gasteiger charge is 2.23. The highest BCUT2D eigenvalue weighted by Crippen LogP contribution is 2.36. The summed E-state index contributed by atoms with van der Waals surface area (Å²) < 4.78 is 34.4. The highest BCUT2D eigenvalue weighted by atomic mass is 35.5. The van der Waals surface area contributed by atoms with Gasteiger partial charge >= 0.3 is 0 Å². The molecule has 0 spiro atoms. The minimum Gasteiger partial charge on any atom is -0.381 e. The summed E-state index contributed by atoms with van der Waals surface area (Å²) in [5, 5.41) is 4.74. The van der Waals surface area contributed by atoms with Crippen LogP contribution in [0.25, 0.3) is 10.4 Å². The van der Waals surface area contributed by atoms with Gasteiger partial charge in [-0.25, -0.2) is 13.4 Å². The molecule has 9 heteroatoms. The van der Waals surface area contributed by atoms with E-state index in [0.717, 1.165) is 47.3 Å². The number of nitrogens with zero attached hydrogens (tertiary/aromatic N) is 1. The van der Waals surface area contributed by atoms with Gasteiger partial charge < -0.3 is 10.1 Å². The normalized spacial score (nSPS) is 15.9. The third-order valence-corrected chi connectivity index (χ3v) is 8.95.